The summed E-state index contributed by atoms with van der Waals surface area (Å²) in [5, 5.41) is 16.2. The third-order valence-corrected chi connectivity index (χ3v) is 3.47. The zero-order chi connectivity index (χ0) is 12.4. The van der Waals surface area contributed by atoms with Crippen LogP contribution in [-0.4, -0.2) is 20.6 Å². The van der Waals surface area contributed by atoms with Gasteiger partial charge >= 0.3 is 0 Å². The molecule has 0 atom stereocenters. The molecule has 0 fully saturated rings. The molecule has 5 nitrogen and oxygen atoms in total. The zero-order valence-electron chi connectivity index (χ0n) is 9.64. The fourth-order valence-electron chi connectivity index (χ4n) is 1.28. The van der Waals surface area contributed by atoms with Crippen molar-refractivity contribution in [3.05, 3.63) is 35.7 Å². The molecule has 0 radical (unpaired) electrons. The third kappa shape index (κ3) is 2.47. The van der Waals surface area contributed by atoms with E-state index in [2.05, 4.69) is 10.2 Å². The highest BCUT2D eigenvalue weighted by atomic mass is 32.2. The number of amidine groups is 1. The van der Waals surface area contributed by atoms with E-state index in [9.17, 15) is 0 Å². The van der Waals surface area contributed by atoms with Crippen molar-refractivity contribution in [3.8, 4) is 0 Å². The molecular weight excluding hydrogens is 234 g/mol. The number of hydrogen-bond donors (Lipinski definition) is 2. The van der Waals surface area contributed by atoms with Crippen molar-refractivity contribution in [1.29, 1.82) is 5.41 Å². The standard InChI is InChI=1S/C11H13N5S/c1-7-14-15-11(16(7)2)17-9-5-3-8(4-6-9)10(12)13/h3-6H,1-2H3,(H3,12,13). The Kier molecular flexibility index (Phi) is 3.14. The lowest BCUT2D eigenvalue weighted by molar-refractivity contribution is 0.765. The van der Waals surface area contributed by atoms with Crippen LogP contribution in [0, 0.1) is 12.3 Å². The van der Waals surface area contributed by atoms with Gasteiger partial charge in [0.1, 0.15) is 11.7 Å². The fraction of sp³-hybridized carbons (Fsp3) is 0.182. The lowest BCUT2D eigenvalue weighted by Gasteiger charge is -2.02. The van der Waals surface area contributed by atoms with E-state index in [0.29, 0.717) is 0 Å². The number of aryl methyl sites for hydroxylation is 1. The molecule has 88 valence electrons. The van der Waals surface area contributed by atoms with E-state index in [4.69, 9.17) is 11.1 Å². The van der Waals surface area contributed by atoms with Crippen LogP contribution in [0.25, 0.3) is 0 Å². The zero-order valence-corrected chi connectivity index (χ0v) is 10.5. The summed E-state index contributed by atoms with van der Waals surface area (Å²) in [7, 11) is 1.93. The molecule has 0 unspecified atom stereocenters. The Balaban J connectivity index is 2.19. The smallest absolute Gasteiger partial charge is 0.195 e. The SMILES string of the molecule is Cc1nnc(Sc2ccc(C(=N)N)cc2)n1C. The monoisotopic (exact) mass is 247 g/mol. The van der Waals surface area contributed by atoms with Gasteiger partial charge in [0.25, 0.3) is 0 Å². The van der Waals surface area contributed by atoms with Crippen molar-refractivity contribution in [1.82, 2.24) is 14.8 Å². The van der Waals surface area contributed by atoms with Gasteiger partial charge in [-0.3, -0.25) is 5.41 Å². The number of nitrogens with zero attached hydrogens (tertiary/aromatic N) is 3. The molecule has 0 aliphatic heterocycles. The number of rotatable bonds is 3. The molecule has 0 aliphatic rings. The summed E-state index contributed by atoms with van der Waals surface area (Å²) in [5.74, 6) is 0.962. The molecule has 0 aliphatic carbocycles. The highest BCUT2D eigenvalue weighted by molar-refractivity contribution is 7.99. The molecule has 1 aromatic heterocycles. The molecule has 2 aromatic rings. The average molecular weight is 247 g/mol. The third-order valence-electron chi connectivity index (χ3n) is 2.43. The molecule has 1 aromatic carbocycles. The Bertz CT molecular complexity index is 543. The number of nitrogen functional groups attached to an aromatic ring is 1. The second-order valence-corrected chi connectivity index (χ2v) is 4.67. The molecule has 6 heteroatoms. The maximum absolute atomic E-state index is 7.31. The van der Waals surface area contributed by atoms with Gasteiger partial charge in [-0.15, -0.1) is 10.2 Å². The van der Waals surface area contributed by atoms with Gasteiger partial charge < -0.3 is 10.3 Å². The second kappa shape index (κ2) is 4.58. The van der Waals surface area contributed by atoms with E-state index in [1.807, 2.05) is 42.8 Å². The summed E-state index contributed by atoms with van der Waals surface area (Å²) in [4.78, 5) is 1.05. The Morgan fingerprint density at radius 3 is 2.41 bits per heavy atom. The highest BCUT2D eigenvalue weighted by Crippen LogP contribution is 2.25. The Hall–Kier alpha value is -1.82. The van der Waals surface area contributed by atoms with E-state index < -0.39 is 0 Å². The van der Waals surface area contributed by atoms with Gasteiger partial charge in [-0.2, -0.15) is 0 Å². The first kappa shape index (κ1) is 11.7. The minimum absolute atomic E-state index is 0.0797. The summed E-state index contributed by atoms with van der Waals surface area (Å²) in [6.45, 7) is 1.91. The molecule has 0 saturated heterocycles. The van der Waals surface area contributed by atoms with E-state index in [1.165, 1.54) is 11.8 Å². The maximum atomic E-state index is 7.31. The maximum Gasteiger partial charge on any atom is 0.195 e. The van der Waals surface area contributed by atoms with Crippen molar-refractivity contribution in [3.63, 3.8) is 0 Å². The first-order valence-electron chi connectivity index (χ1n) is 5.06. The van der Waals surface area contributed by atoms with Gasteiger partial charge in [0.2, 0.25) is 0 Å². The predicted molar refractivity (Wildman–Crippen MR) is 67.3 cm³/mol. The van der Waals surface area contributed by atoms with Crippen LogP contribution >= 0.6 is 11.8 Å². The van der Waals surface area contributed by atoms with Crippen LogP contribution in [-0.2, 0) is 7.05 Å². The topological polar surface area (TPSA) is 80.6 Å². The van der Waals surface area contributed by atoms with Crippen molar-refractivity contribution >= 4 is 17.6 Å². The molecule has 2 rings (SSSR count). The first-order chi connectivity index (χ1) is 8.08. The molecule has 17 heavy (non-hydrogen) atoms. The Morgan fingerprint density at radius 2 is 1.94 bits per heavy atom. The van der Waals surface area contributed by atoms with Crippen molar-refractivity contribution in [2.24, 2.45) is 12.8 Å². The molecule has 0 amide bonds. The summed E-state index contributed by atoms with van der Waals surface area (Å²) >= 11 is 1.53. The van der Waals surface area contributed by atoms with Gasteiger partial charge in [0, 0.05) is 17.5 Å². The molecule has 0 bridgehead atoms. The van der Waals surface area contributed by atoms with E-state index in [0.717, 1.165) is 21.4 Å². The number of benzene rings is 1. The number of nitrogens with one attached hydrogen (secondary N) is 1. The van der Waals surface area contributed by atoms with Crippen LogP contribution in [0.3, 0.4) is 0 Å². The van der Waals surface area contributed by atoms with E-state index in [-0.39, 0.29) is 5.84 Å². The number of aromatic nitrogens is 3. The molecule has 1 heterocycles. The molecule has 3 N–H and O–H groups in total. The minimum Gasteiger partial charge on any atom is -0.384 e. The van der Waals surface area contributed by atoms with E-state index >= 15 is 0 Å². The summed E-state index contributed by atoms with van der Waals surface area (Å²) in [5.41, 5.74) is 6.12. The highest BCUT2D eigenvalue weighted by Gasteiger charge is 2.06. The molecule has 0 spiro atoms. The fourth-order valence-corrected chi connectivity index (χ4v) is 2.12. The van der Waals surface area contributed by atoms with Crippen molar-refractivity contribution in [2.45, 2.75) is 17.0 Å². The van der Waals surface area contributed by atoms with Crippen LogP contribution < -0.4 is 5.73 Å². The van der Waals surface area contributed by atoms with E-state index in [1.54, 1.807) is 0 Å². The van der Waals surface area contributed by atoms with Crippen LogP contribution in [0.2, 0.25) is 0 Å². The van der Waals surface area contributed by atoms with Crippen molar-refractivity contribution < 1.29 is 0 Å². The lowest BCUT2D eigenvalue weighted by atomic mass is 10.2. The Labute approximate surface area is 104 Å². The lowest BCUT2D eigenvalue weighted by Crippen LogP contribution is -2.10. The van der Waals surface area contributed by atoms with Gasteiger partial charge in [-0.05, 0) is 30.8 Å². The Morgan fingerprint density at radius 1 is 1.29 bits per heavy atom. The van der Waals surface area contributed by atoms with Gasteiger partial charge in [0.15, 0.2) is 5.16 Å². The first-order valence-corrected chi connectivity index (χ1v) is 5.88. The molecular formula is C11H13N5S. The number of nitrogens with two attached hydrogens (primary N) is 1. The number of hydrogen-bond acceptors (Lipinski definition) is 4. The average Bonchev–Trinajstić information content (AvgIpc) is 2.62. The van der Waals surface area contributed by atoms with Crippen LogP contribution in [0.1, 0.15) is 11.4 Å². The molecule has 0 saturated carbocycles. The quantitative estimate of drug-likeness (QED) is 0.637. The second-order valence-electron chi connectivity index (χ2n) is 3.63. The predicted octanol–water partition coefficient (Wildman–Crippen LogP) is 1.56. The summed E-state index contributed by atoms with van der Waals surface area (Å²) in [6.07, 6.45) is 0. The van der Waals surface area contributed by atoms with Crippen molar-refractivity contribution in [2.75, 3.05) is 0 Å². The largest absolute Gasteiger partial charge is 0.384 e. The van der Waals surface area contributed by atoms with Gasteiger partial charge in [0.05, 0.1) is 0 Å². The van der Waals surface area contributed by atoms with Crippen LogP contribution in [0.15, 0.2) is 34.3 Å². The minimum atomic E-state index is 0.0797. The summed E-state index contributed by atoms with van der Waals surface area (Å²) < 4.78 is 1.93. The van der Waals surface area contributed by atoms with Gasteiger partial charge in [-0.25, -0.2) is 0 Å². The normalized spacial score (nSPS) is 10.5. The van der Waals surface area contributed by atoms with Crippen LogP contribution in [0.4, 0.5) is 0 Å². The van der Waals surface area contributed by atoms with Gasteiger partial charge in [-0.1, -0.05) is 12.1 Å². The summed E-state index contributed by atoms with van der Waals surface area (Å²) in [6, 6.07) is 7.50. The van der Waals surface area contributed by atoms with Crippen LogP contribution in [0.5, 0.6) is 0 Å².